The summed E-state index contributed by atoms with van der Waals surface area (Å²) in [5.41, 5.74) is 0. The lowest BCUT2D eigenvalue weighted by molar-refractivity contribution is -0.134. The van der Waals surface area contributed by atoms with Gasteiger partial charge in [-0.3, -0.25) is 14.4 Å². The van der Waals surface area contributed by atoms with Gasteiger partial charge >= 0.3 is 0 Å². The summed E-state index contributed by atoms with van der Waals surface area (Å²) in [6.07, 6.45) is 0.269. The third kappa shape index (κ3) is 1.64. The fourth-order valence-corrected chi connectivity index (χ4v) is 2.99. The van der Waals surface area contributed by atoms with Crippen LogP contribution >= 0.6 is 11.3 Å². The summed E-state index contributed by atoms with van der Waals surface area (Å²) in [6.45, 7) is 0. The third-order valence-electron chi connectivity index (χ3n) is 2.89. The maximum absolute atomic E-state index is 12.1. The molecule has 0 N–H and O–H groups in total. The van der Waals surface area contributed by atoms with Gasteiger partial charge in [0.1, 0.15) is 0 Å². The number of carbonyl (C=O) groups excluding carboxylic acids is 3. The molecule has 0 radical (unpaired) electrons. The van der Waals surface area contributed by atoms with Crippen LogP contribution in [0.2, 0.25) is 0 Å². The first-order valence-electron chi connectivity index (χ1n) is 5.55. The predicted molar refractivity (Wildman–Crippen MR) is 67.2 cm³/mol. The molecule has 3 amide bonds. The van der Waals surface area contributed by atoms with Crippen LogP contribution in [0.25, 0.3) is 10.1 Å². The summed E-state index contributed by atoms with van der Waals surface area (Å²) in [5.74, 6) is -1.30. The van der Waals surface area contributed by atoms with Crippen molar-refractivity contribution >= 4 is 39.1 Å². The Bertz CT molecular complexity index is 625. The van der Waals surface area contributed by atoms with E-state index in [0.29, 0.717) is 4.88 Å². The van der Waals surface area contributed by atoms with E-state index in [0.717, 1.165) is 15.0 Å². The van der Waals surface area contributed by atoms with Gasteiger partial charge in [0.2, 0.25) is 11.8 Å². The zero-order valence-corrected chi connectivity index (χ0v) is 10.2. The van der Waals surface area contributed by atoms with Gasteiger partial charge in [-0.25, -0.2) is 4.90 Å². The van der Waals surface area contributed by atoms with Crippen LogP contribution in [-0.4, -0.2) is 22.6 Å². The first-order valence-corrected chi connectivity index (χ1v) is 6.37. The van der Waals surface area contributed by atoms with E-state index in [1.807, 2.05) is 24.3 Å². The van der Waals surface area contributed by atoms with E-state index in [9.17, 15) is 14.4 Å². The van der Waals surface area contributed by atoms with Crippen LogP contribution < -0.4 is 0 Å². The Morgan fingerprint density at radius 3 is 2.44 bits per heavy atom. The molecule has 0 bridgehead atoms. The molecule has 0 unspecified atom stereocenters. The topological polar surface area (TPSA) is 54.5 Å². The molecule has 90 valence electrons. The Morgan fingerprint density at radius 2 is 1.78 bits per heavy atom. The molecule has 2 heterocycles. The zero-order valence-electron chi connectivity index (χ0n) is 9.38. The van der Waals surface area contributed by atoms with Crippen molar-refractivity contribution in [1.29, 1.82) is 0 Å². The van der Waals surface area contributed by atoms with Gasteiger partial charge in [0.25, 0.3) is 5.91 Å². The van der Waals surface area contributed by atoms with E-state index in [2.05, 4.69) is 0 Å². The molecular weight excluding hydrogens is 250 g/mol. The minimum Gasteiger partial charge on any atom is -0.274 e. The third-order valence-corrected chi connectivity index (χ3v) is 4.00. The van der Waals surface area contributed by atoms with E-state index >= 15 is 0 Å². The SMILES string of the molecule is O=C1CCC(=O)N1C(=O)c1cc2ccccc2s1. The van der Waals surface area contributed by atoms with E-state index < -0.39 is 17.7 Å². The number of hydrogen-bond acceptors (Lipinski definition) is 4. The second-order valence-corrected chi connectivity index (χ2v) is 5.16. The van der Waals surface area contributed by atoms with E-state index in [1.165, 1.54) is 11.3 Å². The average molecular weight is 259 g/mol. The number of fused-ring (bicyclic) bond motifs is 1. The lowest BCUT2D eigenvalue weighted by Crippen LogP contribution is -2.34. The molecule has 4 nitrogen and oxygen atoms in total. The summed E-state index contributed by atoms with van der Waals surface area (Å²) < 4.78 is 0.972. The molecule has 1 aliphatic rings. The molecule has 1 aliphatic heterocycles. The summed E-state index contributed by atoms with van der Waals surface area (Å²) >= 11 is 1.30. The lowest BCUT2D eigenvalue weighted by atomic mass is 10.2. The fourth-order valence-electron chi connectivity index (χ4n) is 2.00. The van der Waals surface area contributed by atoms with Crippen molar-refractivity contribution < 1.29 is 14.4 Å². The molecule has 18 heavy (non-hydrogen) atoms. The Kier molecular flexibility index (Phi) is 2.48. The number of nitrogens with zero attached hydrogens (tertiary/aromatic N) is 1. The number of hydrogen-bond donors (Lipinski definition) is 0. The Balaban J connectivity index is 2.01. The van der Waals surface area contributed by atoms with E-state index in [-0.39, 0.29) is 12.8 Å². The van der Waals surface area contributed by atoms with Crippen molar-refractivity contribution in [3.8, 4) is 0 Å². The number of likely N-dealkylation sites (tertiary alicyclic amines) is 1. The molecule has 5 heteroatoms. The predicted octanol–water partition coefficient (Wildman–Crippen LogP) is 2.19. The minimum absolute atomic E-state index is 0.134. The van der Waals surface area contributed by atoms with Gasteiger partial charge in [0.15, 0.2) is 0 Å². The highest BCUT2D eigenvalue weighted by molar-refractivity contribution is 7.20. The average Bonchev–Trinajstić information content (AvgIpc) is 2.92. The molecule has 0 aliphatic carbocycles. The van der Waals surface area contributed by atoms with Crippen molar-refractivity contribution in [2.24, 2.45) is 0 Å². The normalized spacial score (nSPS) is 15.7. The van der Waals surface area contributed by atoms with Crippen LogP contribution in [0.4, 0.5) is 0 Å². The molecule has 2 aromatic rings. The van der Waals surface area contributed by atoms with Crippen LogP contribution in [0.15, 0.2) is 30.3 Å². The van der Waals surface area contributed by atoms with Crippen LogP contribution in [0.1, 0.15) is 22.5 Å². The Morgan fingerprint density at radius 1 is 1.11 bits per heavy atom. The molecule has 1 aromatic heterocycles. The molecular formula is C13H9NO3S. The smallest absolute Gasteiger partial charge is 0.274 e. The summed E-state index contributed by atoms with van der Waals surface area (Å²) in [6, 6.07) is 9.30. The van der Waals surface area contributed by atoms with Crippen molar-refractivity contribution in [2.75, 3.05) is 0 Å². The maximum Gasteiger partial charge on any atom is 0.277 e. The number of amides is 3. The highest BCUT2D eigenvalue weighted by atomic mass is 32.1. The van der Waals surface area contributed by atoms with Gasteiger partial charge in [-0.05, 0) is 17.5 Å². The Hall–Kier alpha value is -2.01. The molecule has 0 saturated carbocycles. The van der Waals surface area contributed by atoms with Gasteiger partial charge < -0.3 is 0 Å². The maximum atomic E-state index is 12.1. The lowest BCUT2D eigenvalue weighted by Gasteiger charge is -2.09. The van der Waals surface area contributed by atoms with Gasteiger partial charge in [-0.1, -0.05) is 18.2 Å². The van der Waals surface area contributed by atoms with Gasteiger partial charge in [0.05, 0.1) is 4.88 Å². The minimum atomic E-state index is -0.497. The number of thiophene rings is 1. The zero-order chi connectivity index (χ0) is 12.7. The summed E-state index contributed by atoms with van der Waals surface area (Å²) in [5, 5.41) is 0.949. The van der Waals surface area contributed by atoms with E-state index in [4.69, 9.17) is 0 Å². The highest BCUT2D eigenvalue weighted by Gasteiger charge is 2.35. The summed E-state index contributed by atoms with van der Waals surface area (Å²) in [7, 11) is 0. The molecule has 0 spiro atoms. The molecule has 0 atom stereocenters. The fraction of sp³-hybridized carbons (Fsp3) is 0.154. The van der Waals surface area contributed by atoms with Crippen molar-refractivity contribution in [2.45, 2.75) is 12.8 Å². The van der Waals surface area contributed by atoms with Gasteiger partial charge in [-0.2, -0.15) is 0 Å². The number of imide groups is 3. The van der Waals surface area contributed by atoms with Crippen molar-refractivity contribution in [3.05, 3.63) is 35.2 Å². The number of rotatable bonds is 1. The molecule has 1 aromatic carbocycles. The van der Waals surface area contributed by atoms with Crippen molar-refractivity contribution in [1.82, 2.24) is 4.90 Å². The monoisotopic (exact) mass is 259 g/mol. The summed E-state index contributed by atoms with van der Waals surface area (Å²) in [4.78, 5) is 36.3. The molecule has 3 rings (SSSR count). The standard InChI is InChI=1S/C13H9NO3S/c15-11-5-6-12(16)14(11)13(17)10-7-8-3-1-2-4-9(8)18-10/h1-4,7H,5-6H2. The molecule has 1 fully saturated rings. The second-order valence-electron chi connectivity index (χ2n) is 4.08. The van der Waals surface area contributed by atoms with Crippen LogP contribution in [0.5, 0.6) is 0 Å². The van der Waals surface area contributed by atoms with Crippen LogP contribution in [0.3, 0.4) is 0 Å². The number of carbonyl (C=O) groups is 3. The van der Waals surface area contributed by atoms with E-state index in [1.54, 1.807) is 6.07 Å². The first-order chi connectivity index (χ1) is 8.66. The highest BCUT2D eigenvalue weighted by Crippen LogP contribution is 2.27. The van der Waals surface area contributed by atoms with Crippen molar-refractivity contribution in [3.63, 3.8) is 0 Å². The largest absolute Gasteiger partial charge is 0.277 e. The quantitative estimate of drug-likeness (QED) is 0.738. The Labute approximate surface area is 107 Å². The van der Waals surface area contributed by atoms with Crippen LogP contribution in [-0.2, 0) is 9.59 Å². The first kappa shape index (κ1) is 11.1. The molecule has 1 saturated heterocycles. The van der Waals surface area contributed by atoms with Gasteiger partial charge in [0, 0.05) is 17.5 Å². The van der Waals surface area contributed by atoms with Crippen LogP contribution in [0, 0.1) is 0 Å². The second kappa shape index (κ2) is 4.03. The van der Waals surface area contributed by atoms with Gasteiger partial charge in [-0.15, -0.1) is 11.3 Å². The number of benzene rings is 1.